The van der Waals surface area contributed by atoms with Crippen molar-refractivity contribution in [2.24, 2.45) is 0 Å². The number of carbonyl (C=O) groups is 1. The summed E-state index contributed by atoms with van der Waals surface area (Å²) in [5.74, 6) is -0.260. The number of unbranched alkanes of at least 4 members (excludes halogenated alkanes) is 31. The molecule has 0 saturated carbocycles. The number of aliphatic hydroxyl groups is 8. The topological polar surface area (TPSA) is 228 Å². The van der Waals surface area contributed by atoms with Crippen molar-refractivity contribution in [2.75, 3.05) is 19.8 Å². The van der Waals surface area contributed by atoms with Crippen LogP contribution in [-0.2, 0) is 23.7 Å². The highest BCUT2D eigenvalue weighted by Gasteiger charge is 2.51. The lowest BCUT2D eigenvalue weighted by Gasteiger charge is -2.46. The van der Waals surface area contributed by atoms with Gasteiger partial charge in [-0.05, 0) is 96.3 Å². The monoisotopic (exact) mass is 1330 g/mol. The summed E-state index contributed by atoms with van der Waals surface area (Å²) < 4.78 is 22.9. The van der Waals surface area contributed by atoms with E-state index in [1.807, 2.05) is 6.08 Å². The van der Waals surface area contributed by atoms with E-state index in [-0.39, 0.29) is 18.9 Å². The van der Waals surface area contributed by atoms with Crippen LogP contribution in [0.5, 0.6) is 0 Å². The first-order valence-corrected chi connectivity index (χ1v) is 38.3. The molecule has 2 saturated heterocycles. The summed E-state index contributed by atoms with van der Waals surface area (Å²) in [4.78, 5) is 13.4. The van der Waals surface area contributed by atoms with Gasteiger partial charge in [-0.15, -0.1) is 0 Å². The molecule has 2 fully saturated rings. The molecule has 12 atom stereocenters. The van der Waals surface area contributed by atoms with Gasteiger partial charge >= 0.3 is 0 Å². The van der Waals surface area contributed by atoms with Crippen molar-refractivity contribution in [1.82, 2.24) is 5.32 Å². The van der Waals surface area contributed by atoms with Gasteiger partial charge in [0.2, 0.25) is 5.91 Å². The Morgan fingerprint density at radius 3 is 1.16 bits per heavy atom. The summed E-state index contributed by atoms with van der Waals surface area (Å²) >= 11 is 0. The first-order chi connectivity index (χ1) is 46.6. The van der Waals surface area contributed by atoms with Gasteiger partial charge in [0.1, 0.15) is 48.8 Å². The predicted octanol–water partition coefficient (Wildman–Crippen LogP) is 16.8. The second kappa shape index (κ2) is 63.8. The van der Waals surface area contributed by atoms with Crippen molar-refractivity contribution >= 4 is 5.91 Å². The molecule has 14 nitrogen and oxygen atoms in total. The fourth-order valence-corrected chi connectivity index (χ4v) is 11.9. The molecule has 0 radical (unpaired) electrons. The van der Waals surface area contributed by atoms with Crippen LogP contribution in [0.25, 0.3) is 0 Å². The van der Waals surface area contributed by atoms with Crippen LogP contribution in [0.1, 0.15) is 290 Å². The molecule has 0 aromatic heterocycles. The maximum absolute atomic E-state index is 13.4. The Morgan fingerprint density at radius 2 is 0.737 bits per heavy atom. The van der Waals surface area contributed by atoms with Crippen molar-refractivity contribution in [3.05, 3.63) is 122 Å². The zero-order chi connectivity index (χ0) is 68.7. The minimum atomic E-state index is -1.80. The lowest BCUT2D eigenvalue weighted by atomic mass is 9.97. The summed E-state index contributed by atoms with van der Waals surface area (Å²) in [6, 6.07) is -0.947. The average molecular weight is 1330 g/mol. The Labute approximate surface area is 578 Å². The number of hydrogen-bond donors (Lipinski definition) is 9. The van der Waals surface area contributed by atoms with E-state index >= 15 is 0 Å². The van der Waals surface area contributed by atoms with Gasteiger partial charge in [0.25, 0.3) is 0 Å². The molecule has 2 rings (SSSR count). The highest BCUT2D eigenvalue weighted by Crippen LogP contribution is 2.30. The molecular formula is C81H139NO13. The van der Waals surface area contributed by atoms with Gasteiger partial charge in [-0.25, -0.2) is 0 Å². The Morgan fingerprint density at radius 1 is 0.389 bits per heavy atom. The van der Waals surface area contributed by atoms with Gasteiger partial charge in [0.15, 0.2) is 12.6 Å². The summed E-state index contributed by atoms with van der Waals surface area (Å²) in [6.07, 6.45) is 76.9. The molecule has 0 bridgehead atoms. The molecule has 1 amide bonds. The standard InChI is InChI=1S/C81H139NO13/c1-3-5-7-9-11-13-15-17-19-21-23-25-27-29-31-33-34-35-36-37-39-41-43-45-47-49-51-53-55-57-59-61-63-65-73(86)82-69(68-92-80-78(91)76(89)79(72(67-84)94-80)95-81-77(90)75(88)74(87)71(66-83)93-81)70(85)64-62-60-58-56-54-52-50-48-46-44-42-40-38-32-30-28-26-24-22-20-18-16-14-12-10-8-6-4-2/h5,7,11,13,17,19,23,25,29,31,34-35,37,39,43,45,54,56,62,64,69-72,74-81,83-85,87-91H,3-4,6,8-10,12,14-16,18,20-22,24,26-28,30,32-33,36,38,40-42,44,46-53,55,57-61,63,65-68H2,1-2H3,(H,82,86)/b7-5-,13-11-,19-17-,25-23-,31-29-,35-34-,39-37-,45-43-,56-54+,64-62+. The molecule has 0 aromatic rings. The third kappa shape index (κ3) is 47.1. The van der Waals surface area contributed by atoms with Crippen LogP contribution in [0.15, 0.2) is 122 Å². The van der Waals surface area contributed by atoms with E-state index in [2.05, 4.69) is 129 Å². The zero-order valence-electron chi connectivity index (χ0n) is 59.6. The fraction of sp³-hybridized carbons (Fsp3) is 0.741. The van der Waals surface area contributed by atoms with E-state index in [1.165, 1.54) is 161 Å². The molecule has 0 aromatic carbocycles. The third-order valence-electron chi connectivity index (χ3n) is 17.9. The van der Waals surface area contributed by atoms with Gasteiger partial charge in [-0.2, -0.15) is 0 Å². The summed E-state index contributed by atoms with van der Waals surface area (Å²) in [6.45, 7) is 2.69. The highest BCUT2D eigenvalue weighted by molar-refractivity contribution is 5.76. The zero-order valence-corrected chi connectivity index (χ0v) is 59.6. The van der Waals surface area contributed by atoms with E-state index in [9.17, 15) is 45.6 Å². The lowest BCUT2D eigenvalue weighted by Crippen LogP contribution is -2.65. The second-order valence-electron chi connectivity index (χ2n) is 26.4. The molecule has 2 aliphatic heterocycles. The van der Waals surface area contributed by atoms with Gasteiger partial charge < -0.3 is 65.1 Å². The SMILES string of the molecule is CC/C=C\C/C=C\C/C=C\C/C=C\C/C=C\C/C=C\C/C=C\C/C=C\CCCCCCCCCCC(=O)NC(COC1OC(CO)C(OC2OC(CO)C(O)C(O)C2O)C(O)C1O)C(O)/C=C/CC/C=C/CCCCCCCCCCCCCCCCCCCCCCCC. The van der Waals surface area contributed by atoms with Gasteiger partial charge in [0.05, 0.1) is 32.0 Å². The van der Waals surface area contributed by atoms with Gasteiger partial charge in [-0.3, -0.25) is 4.79 Å². The van der Waals surface area contributed by atoms with Crippen molar-refractivity contribution in [1.29, 1.82) is 0 Å². The van der Waals surface area contributed by atoms with Crippen molar-refractivity contribution in [2.45, 2.75) is 364 Å². The number of hydrogen-bond acceptors (Lipinski definition) is 13. The van der Waals surface area contributed by atoms with Crippen LogP contribution in [0.4, 0.5) is 0 Å². The van der Waals surface area contributed by atoms with Crippen molar-refractivity contribution in [3.8, 4) is 0 Å². The molecule has 2 heterocycles. The number of ether oxygens (including phenoxy) is 4. The molecule has 546 valence electrons. The van der Waals surface area contributed by atoms with Gasteiger partial charge in [-0.1, -0.05) is 309 Å². The van der Waals surface area contributed by atoms with E-state index in [0.29, 0.717) is 12.8 Å². The lowest BCUT2D eigenvalue weighted by molar-refractivity contribution is -0.359. The molecule has 0 aliphatic carbocycles. The smallest absolute Gasteiger partial charge is 0.220 e. The number of nitrogens with one attached hydrogen (secondary N) is 1. The first kappa shape index (κ1) is 87.5. The van der Waals surface area contributed by atoms with Crippen molar-refractivity contribution in [3.63, 3.8) is 0 Å². The molecule has 12 unspecified atom stereocenters. The van der Waals surface area contributed by atoms with Crippen molar-refractivity contribution < 1.29 is 64.6 Å². The quantitative estimate of drug-likeness (QED) is 0.0204. The molecule has 9 N–H and O–H groups in total. The van der Waals surface area contributed by atoms with Crippen LogP contribution in [0.3, 0.4) is 0 Å². The Hall–Kier alpha value is -3.61. The first-order valence-electron chi connectivity index (χ1n) is 38.3. The maximum atomic E-state index is 13.4. The second-order valence-corrected chi connectivity index (χ2v) is 26.4. The number of rotatable bonds is 62. The normalized spacial score (nSPS) is 23.1. The average Bonchev–Trinajstić information content (AvgIpc) is 0.801. The number of amides is 1. The maximum Gasteiger partial charge on any atom is 0.220 e. The minimum absolute atomic E-state index is 0.256. The Balaban J connectivity index is 1.68. The highest BCUT2D eigenvalue weighted by atomic mass is 16.7. The predicted molar refractivity (Wildman–Crippen MR) is 392 cm³/mol. The van der Waals surface area contributed by atoms with E-state index in [4.69, 9.17) is 18.9 Å². The summed E-state index contributed by atoms with van der Waals surface area (Å²) in [5.41, 5.74) is 0. The molecule has 14 heteroatoms. The third-order valence-corrected chi connectivity index (χ3v) is 17.9. The van der Waals surface area contributed by atoms with Crippen LogP contribution in [0, 0.1) is 0 Å². The van der Waals surface area contributed by atoms with E-state index < -0.39 is 86.8 Å². The Kier molecular flexibility index (Phi) is 58.8. The van der Waals surface area contributed by atoms with E-state index in [0.717, 1.165) is 96.3 Å². The molecular weight excluding hydrogens is 1190 g/mol. The van der Waals surface area contributed by atoms with Crippen LogP contribution < -0.4 is 5.32 Å². The number of aliphatic hydroxyl groups excluding tert-OH is 8. The minimum Gasteiger partial charge on any atom is -0.394 e. The molecule has 95 heavy (non-hydrogen) atoms. The molecule has 0 spiro atoms. The van der Waals surface area contributed by atoms with Gasteiger partial charge in [0, 0.05) is 6.42 Å². The number of carbonyl (C=O) groups excluding carboxylic acids is 1. The molecule has 2 aliphatic rings. The summed E-state index contributed by atoms with van der Waals surface area (Å²) in [5, 5.41) is 87.6. The largest absolute Gasteiger partial charge is 0.394 e. The number of allylic oxidation sites excluding steroid dienone is 19. The fourth-order valence-electron chi connectivity index (χ4n) is 11.9. The van der Waals surface area contributed by atoms with Crippen LogP contribution in [0.2, 0.25) is 0 Å². The van der Waals surface area contributed by atoms with Crippen LogP contribution >= 0.6 is 0 Å². The van der Waals surface area contributed by atoms with E-state index in [1.54, 1.807) is 6.08 Å². The van der Waals surface area contributed by atoms with Crippen LogP contribution in [-0.4, -0.2) is 140 Å². The summed E-state index contributed by atoms with van der Waals surface area (Å²) in [7, 11) is 0. The Bertz CT molecular complexity index is 2060.